The van der Waals surface area contributed by atoms with Crippen LogP contribution < -0.4 is 5.32 Å². The summed E-state index contributed by atoms with van der Waals surface area (Å²) in [5, 5.41) is 3.49. The number of piperidine rings is 1. The Bertz CT molecular complexity index is 1100. The van der Waals surface area contributed by atoms with E-state index in [1.54, 1.807) is 57.7 Å². The van der Waals surface area contributed by atoms with Crippen LogP contribution >= 0.6 is 11.6 Å². The number of carbonyl (C=O) groups is 2. The Morgan fingerprint density at radius 3 is 2.03 bits per heavy atom. The number of benzene rings is 2. The Hall–Kier alpha value is -2.42. The van der Waals surface area contributed by atoms with Crippen molar-refractivity contribution >= 4 is 39.1 Å². The molecule has 1 fully saturated rings. The average Bonchev–Trinajstić information content (AvgIpc) is 2.89. The Kier molecular flexibility index (Phi) is 10.3. The van der Waals surface area contributed by atoms with Crippen molar-refractivity contribution in [3.05, 3.63) is 59.1 Å². The molecule has 1 aliphatic heterocycles. The molecule has 2 aromatic carbocycles. The van der Waals surface area contributed by atoms with Crippen LogP contribution in [0.3, 0.4) is 0 Å². The van der Waals surface area contributed by atoms with Crippen molar-refractivity contribution in [3.63, 3.8) is 0 Å². The first-order valence-corrected chi connectivity index (χ1v) is 14.5. The summed E-state index contributed by atoms with van der Waals surface area (Å²) in [6.45, 7) is 6.12. The molecule has 0 unspecified atom stereocenters. The topological polar surface area (TPSA) is 86.8 Å². The second-order valence-corrected chi connectivity index (χ2v) is 11.6. The minimum Gasteiger partial charge on any atom is -0.339 e. The molecule has 0 saturated carbocycles. The van der Waals surface area contributed by atoms with Crippen LogP contribution in [0.5, 0.6) is 0 Å². The Labute approximate surface area is 219 Å². The number of amides is 2. The van der Waals surface area contributed by atoms with E-state index in [1.165, 1.54) is 0 Å². The standard InChI is InChI=1S/C27H36ClN3O4S/c1-3-5-17-31(18-6-4-2)36(34,35)25-13-11-24(12-14-25)29-26(32)21-15-19-30(20-16-21)27(33)22-7-9-23(28)10-8-22/h7-14,21H,3-6,15-20H2,1-2H3,(H,29,32). The molecule has 3 rings (SSSR count). The molecule has 0 aliphatic carbocycles. The smallest absolute Gasteiger partial charge is 0.253 e. The maximum Gasteiger partial charge on any atom is 0.253 e. The molecular weight excluding hydrogens is 498 g/mol. The predicted molar refractivity (Wildman–Crippen MR) is 144 cm³/mol. The maximum atomic E-state index is 13.1. The van der Waals surface area contributed by atoms with Gasteiger partial charge in [0.25, 0.3) is 5.91 Å². The molecule has 0 atom stereocenters. The monoisotopic (exact) mass is 533 g/mol. The highest BCUT2D eigenvalue weighted by atomic mass is 35.5. The van der Waals surface area contributed by atoms with Crippen LogP contribution in [0.25, 0.3) is 0 Å². The van der Waals surface area contributed by atoms with E-state index in [0.717, 1.165) is 25.7 Å². The normalized spacial score (nSPS) is 14.7. The number of unbranched alkanes of at least 4 members (excludes halogenated alkanes) is 2. The minimum atomic E-state index is -3.58. The number of hydrogen-bond acceptors (Lipinski definition) is 4. The SMILES string of the molecule is CCCCN(CCCC)S(=O)(=O)c1ccc(NC(=O)C2CCN(C(=O)c3ccc(Cl)cc3)CC2)cc1. The lowest BCUT2D eigenvalue weighted by Crippen LogP contribution is -2.41. The van der Waals surface area contributed by atoms with Crippen LogP contribution in [0.4, 0.5) is 5.69 Å². The molecule has 0 bridgehead atoms. The lowest BCUT2D eigenvalue weighted by atomic mass is 9.95. The number of rotatable bonds is 11. The van der Waals surface area contributed by atoms with Crippen molar-refractivity contribution in [2.45, 2.75) is 57.3 Å². The molecule has 0 aromatic heterocycles. The van der Waals surface area contributed by atoms with Gasteiger partial charge in [-0.15, -0.1) is 0 Å². The molecule has 0 radical (unpaired) electrons. The molecule has 1 aliphatic rings. The summed E-state index contributed by atoms with van der Waals surface area (Å²) in [4.78, 5) is 27.5. The highest BCUT2D eigenvalue weighted by Crippen LogP contribution is 2.23. The van der Waals surface area contributed by atoms with E-state index in [-0.39, 0.29) is 22.6 Å². The summed E-state index contributed by atoms with van der Waals surface area (Å²) in [6.07, 6.45) is 4.64. The number of likely N-dealkylation sites (tertiary alicyclic amines) is 1. The van der Waals surface area contributed by atoms with E-state index in [9.17, 15) is 18.0 Å². The van der Waals surface area contributed by atoms with E-state index < -0.39 is 10.0 Å². The highest BCUT2D eigenvalue weighted by Gasteiger charge is 2.28. The van der Waals surface area contributed by atoms with Gasteiger partial charge in [0.05, 0.1) is 4.90 Å². The number of sulfonamides is 1. The average molecular weight is 534 g/mol. The molecule has 2 aromatic rings. The van der Waals surface area contributed by atoms with Crippen molar-refractivity contribution in [1.82, 2.24) is 9.21 Å². The van der Waals surface area contributed by atoms with Crippen LogP contribution in [-0.4, -0.2) is 55.6 Å². The van der Waals surface area contributed by atoms with Gasteiger partial charge >= 0.3 is 0 Å². The molecule has 7 nitrogen and oxygen atoms in total. The summed E-state index contributed by atoms with van der Waals surface area (Å²) < 4.78 is 27.8. The van der Waals surface area contributed by atoms with Gasteiger partial charge in [-0.25, -0.2) is 8.42 Å². The van der Waals surface area contributed by atoms with Gasteiger partial charge in [0.1, 0.15) is 0 Å². The fourth-order valence-corrected chi connectivity index (χ4v) is 5.89. The van der Waals surface area contributed by atoms with Gasteiger partial charge in [-0.3, -0.25) is 9.59 Å². The molecule has 1 N–H and O–H groups in total. The van der Waals surface area contributed by atoms with E-state index in [0.29, 0.717) is 55.3 Å². The minimum absolute atomic E-state index is 0.0609. The second kappa shape index (κ2) is 13.2. The van der Waals surface area contributed by atoms with E-state index in [4.69, 9.17) is 11.6 Å². The highest BCUT2D eigenvalue weighted by molar-refractivity contribution is 7.89. The molecule has 196 valence electrons. The van der Waals surface area contributed by atoms with Crippen molar-refractivity contribution in [1.29, 1.82) is 0 Å². The van der Waals surface area contributed by atoms with Crippen molar-refractivity contribution in [2.24, 2.45) is 5.92 Å². The molecule has 1 saturated heterocycles. The largest absolute Gasteiger partial charge is 0.339 e. The number of anilines is 1. The first kappa shape index (κ1) is 28.2. The lowest BCUT2D eigenvalue weighted by Gasteiger charge is -2.31. The van der Waals surface area contributed by atoms with Crippen molar-refractivity contribution in [2.75, 3.05) is 31.5 Å². The summed E-state index contributed by atoms with van der Waals surface area (Å²) >= 11 is 5.90. The Morgan fingerprint density at radius 1 is 0.944 bits per heavy atom. The molecule has 9 heteroatoms. The fourth-order valence-electron chi connectivity index (χ4n) is 4.24. The third kappa shape index (κ3) is 7.31. The van der Waals surface area contributed by atoms with Gasteiger partial charge in [0.15, 0.2) is 0 Å². The van der Waals surface area contributed by atoms with Gasteiger partial charge in [0, 0.05) is 48.4 Å². The first-order chi connectivity index (χ1) is 17.3. The fraction of sp³-hybridized carbons (Fsp3) is 0.481. The van der Waals surface area contributed by atoms with Crippen LogP contribution in [0.2, 0.25) is 5.02 Å². The van der Waals surface area contributed by atoms with E-state index >= 15 is 0 Å². The third-order valence-corrected chi connectivity index (χ3v) is 8.69. The maximum absolute atomic E-state index is 13.1. The Balaban J connectivity index is 1.56. The van der Waals surface area contributed by atoms with Crippen molar-refractivity contribution in [3.8, 4) is 0 Å². The quantitative estimate of drug-likeness (QED) is 0.417. The molecule has 0 spiro atoms. The van der Waals surface area contributed by atoms with Gasteiger partial charge < -0.3 is 10.2 Å². The first-order valence-electron chi connectivity index (χ1n) is 12.7. The predicted octanol–water partition coefficient (Wildman–Crippen LogP) is 5.42. The van der Waals surface area contributed by atoms with Crippen LogP contribution in [0.15, 0.2) is 53.4 Å². The summed E-state index contributed by atoms with van der Waals surface area (Å²) in [7, 11) is -3.58. The molecule has 1 heterocycles. The molecule has 36 heavy (non-hydrogen) atoms. The zero-order valence-corrected chi connectivity index (χ0v) is 22.7. The molecule has 2 amide bonds. The lowest BCUT2D eigenvalue weighted by molar-refractivity contribution is -0.121. The summed E-state index contributed by atoms with van der Waals surface area (Å²) in [5.41, 5.74) is 1.15. The Morgan fingerprint density at radius 2 is 1.50 bits per heavy atom. The van der Waals surface area contributed by atoms with Gasteiger partial charge in [-0.05, 0) is 74.2 Å². The third-order valence-electron chi connectivity index (χ3n) is 6.53. The zero-order chi connectivity index (χ0) is 26.1. The van der Waals surface area contributed by atoms with Crippen LogP contribution in [0, 0.1) is 5.92 Å². The van der Waals surface area contributed by atoms with Crippen molar-refractivity contribution < 1.29 is 18.0 Å². The number of nitrogens with zero attached hydrogens (tertiary/aromatic N) is 2. The second-order valence-electron chi connectivity index (χ2n) is 9.20. The van der Waals surface area contributed by atoms with E-state index in [2.05, 4.69) is 5.32 Å². The number of nitrogens with one attached hydrogen (secondary N) is 1. The summed E-state index contributed by atoms with van der Waals surface area (Å²) in [5.74, 6) is -0.382. The van der Waals surface area contributed by atoms with E-state index in [1.807, 2.05) is 13.8 Å². The van der Waals surface area contributed by atoms with Crippen LogP contribution in [0.1, 0.15) is 62.7 Å². The number of hydrogen-bond donors (Lipinski definition) is 1. The summed E-state index contributed by atoms with van der Waals surface area (Å²) in [6, 6.07) is 13.2. The van der Waals surface area contributed by atoms with Gasteiger partial charge in [-0.1, -0.05) is 38.3 Å². The number of carbonyl (C=O) groups excluding carboxylic acids is 2. The van der Waals surface area contributed by atoms with Gasteiger partial charge in [-0.2, -0.15) is 4.31 Å². The zero-order valence-electron chi connectivity index (χ0n) is 21.1. The molecular formula is C27H36ClN3O4S. The van der Waals surface area contributed by atoms with Gasteiger partial charge in [0.2, 0.25) is 15.9 Å². The number of halogens is 1. The van der Waals surface area contributed by atoms with Crippen LogP contribution in [-0.2, 0) is 14.8 Å².